The molecule has 1 aliphatic rings. The van der Waals surface area contributed by atoms with Crippen molar-refractivity contribution in [1.29, 1.82) is 0 Å². The molecular formula is C27H24ClN3O5. The molecule has 9 heteroatoms. The summed E-state index contributed by atoms with van der Waals surface area (Å²) < 4.78 is 19.4. The van der Waals surface area contributed by atoms with Crippen molar-refractivity contribution in [3.05, 3.63) is 94.5 Å². The van der Waals surface area contributed by atoms with Crippen molar-refractivity contribution in [2.24, 2.45) is 0 Å². The number of halogens is 1. The fourth-order valence-electron chi connectivity index (χ4n) is 4.13. The van der Waals surface area contributed by atoms with Gasteiger partial charge >= 0.3 is 11.9 Å². The second kappa shape index (κ2) is 10.1. The Morgan fingerprint density at radius 2 is 1.61 bits per heavy atom. The lowest BCUT2D eigenvalue weighted by atomic mass is 10.1. The van der Waals surface area contributed by atoms with Crippen molar-refractivity contribution in [3.8, 4) is 0 Å². The standard InChI is InChI=1S/C27H24ClN3O5/c1-16-3-7-18(8-4-16)26(32)34-14-22-21(36-27(33)19-9-5-17(2)6-10-19)13-23(35-22)31-15-30-24-20(31)11-12-29-25(24)28/h3-12,15,21-23H,13-14H2,1-2H3/t21-,22+,23+/m0/s1. The molecule has 3 heterocycles. The number of esters is 2. The first-order valence-corrected chi connectivity index (χ1v) is 11.9. The van der Waals surface area contributed by atoms with E-state index in [-0.39, 0.29) is 11.8 Å². The SMILES string of the molecule is Cc1ccc(C(=O)OC[C@H]2O[C@@H](n3cnc4c(Cl)nccc43)C[C@@H]2OC(=O)c2ccc(C)cc2)cc1. The second-order valence-electron chi connectivity index (χ2n) is 8.76. The third kappa shape index (κ3) is 4.96. The van der Waals surface area contributed by atoms with E-state index >= 15 is 0 Å². The molecule has 4 aromatic rings. The van der Waals surface area contributed by atoms with Gasteiger partial charge in [-0.2, -0.15) is 0 Å². The van der Waals surface area contributed by atoms with E-state index in [1.54, 1.807) is 42.9 Å². The number of imidazole rings is 1. The Morgan fingerprint density at radius 1 is 0.972 bits per heavy atom. The van der Waals surface area contributed by atoms with Gasteiger partial charge in [-0.3, -0.25) is 0 Å². The van der Waals surface area contributed by atoms with E-state index in [9.17, 15) is 9.59 Å². The Hall–Kier alpha value is -3.75. The summed E-state index contributed by atoms with van der Waals surface area (Å²) in [4.78, 5) is 33.9. The van der Waals surface area contributed by atoms with Crippen LogP contribution in [0, 0.1) is 13.8 Å². The molecule has 3 atom stereocenters. The third-order valence-corrected chi connectivity index (χ3v) is 6.43. The summed E-state index contributed by atoms with van der Waals surface area (Å²) in [5, 5.41) is 0.287. The lowest BCUT2D eigenvalue weighted by Crippen LogP contribution is -2.32. The molecule has 0 unspecified atom stereocenters. The summed E-state index contributed by atoms with van der Waals surface area (Å²) in [5.41, 5.74) is 4.24. The fraction of sp³-hybridized carbons (Fsp3) is 0.259. The van der Waals surface area contributed by atoms with Gasteiger partial charge in [-0.25, -0.2) is 19.6 Å². The Balaban J connectivity index is 1.36. The molecule has 36 heavy (non-hydrogen) atoms. The van der Waals surface area contributed by atoms with Crippen molar-refractivity contribution in [3.63, 3.8) is 0 Å². The molecule has 2 aromatic carbocycles. The second-order valence-corrected chi connectivity index (χ2v) is 9.12. The predicted octanol–water partition coefficient (Wildman–Crippen LogP) is 5.07. The Bertz CT molecular complexity index is 1400. The van der Waals surface area contributed by atoms with Gasteiger partial charge in [0.15, 0.2) is 5.15 Å². The number of hydrogen-bond donors (Lipinski definition) is 0. The lowest BCUT2D eigenvalue weighted by molar-refractivity contribution is -0.0562. The number of rotatable bonds is 6. The molecule has 0 N–H and O–H groups in total. The number of carbonyl (C=O) groups is 2. The highest BCUT2D eigenvalue weighted by atomic mass is 35.5. The zero-order valence-electron chi connectivity index (χ0n) is 19.8. The van der Waals surface area contributed by atoms with E-state index in [1.807, 2.05) is 42.7 Å². The summed E-state index contributed by atoms with van der Waals surface area (Å²) in [6.45, 7) is 3.81. The molecule has 0 bridgehead atoms. The van der Waals surface area contributed by atoms with Gasteiger partial charge in [-0.1, -0.05) is 47.0 Å². The van der Waals surface area contributed by atoms with Gasteiger partial charge in [0, 0.05) is 12.6 Å². The zero-order valence-corrected chi connectivity index (χ0v) is 20.5. The van der Waals surface area contributed by atoms with Crippen LogP contribution in [0.5, 0.6) is 0 Å². The highest BCUT2D eigenvalue weighted by Gasteiger charge is 2.40. The minimum absolute atomic E-state index is 0.0794. The van der Waals surface area contributed by atoms with Crippen LogP contribution in [0.4, 0.5) is 0 Å². The molecule has 5 rings (SSSR count). The molecule has 2 aromatic heterocycles. The third-order valence-electron chi connectivity index (χ3n) is 6.15. The average molecular weight is 506 g/mol. The van der Waals surface area contributed by atoms with Gasteiger partial charge in [0.05, 0.1) is 23.0 Å². The number of nitrogens with zero attached hydrogens (tertiary/aromatic N) is 3. The highest BCUT2D eigenvalue weighted by Crippen LogP contribution is 2.34. The summed E-state index contributed by atoms with van der Waals surface area (Å²) in [5.74, 6) is -0.946. The van der Waals surface area contributed by atoms with E-state index in [4.69, 9.17) is 25.8 Å². The van der Waals surface area contributed by atoms with Crippen LogP contribution in [0.1, 0.15) is 44.5 Å². The van der Waals surface area contributed by atoms with E-state index < -0.39 is 30.4 Å². The Kier molecular flexibility index (Phi) is 6.71. The van der Waals surface area contributed by atoms with Crippen LogP contribution < -0.4 is 0 Å². The number of fused-ring (bicyclic) bond motifs is 1. The first-order chi connectivity index (χ1) is 17.4. The minimum atomic E-state index is -0.673. The van der Waals surface area contributed by atoms with Gasteiger partial charge in [-0.05, 0) is 44.2 Å². The molecule has 1 aliphatic heterocycles. The van der Waals surface area contributed by atoms with Gasteiger partial charge in [0.2, 0.25) is 0 Å². The molecule has 1 fully saturated rings. The van der Waals surface area contributed by atoms with Crippen LogP contribution in [-0.4, -0.2) is 45.3 Å². The zero-order chi connectivity index (χ0) is 25.2. The topological polar surface area (TPSA) is 92.5 Å². The summed E-state index contributed by atoms with van der Waals surface area (Å²) >= 11 is 6.18. The van der Waals surface area contributed by atoms with Crippen LogP contribution in [0.2, 0.25) is 5.15 Å². The maximum absolute atomic E-state index is 12.9. The molecule has 8 nitrogen and oxygen atoms in total. The van der Waals surface area contributed by atoms with E-state index in [1.165, 1.54) is 0 Å². The number of benzene rings is 2. The molecular weight excluding hydrogens is 482 g/mol. The van der Waals surface area contributed by atoms with Gasteiger partial charge in [0.1, 0.15) is 30.6 Å². The number of hydrogen-bond acceptors (Lipinski definition) is 7. The minimum Gasteiger partial charge on any atom is -0.459 e. The van der Waals surface area contributed by atoms with Crippen LogP contribution >= 0.6 is 11.6 Å². The first-order valence-electron chi connectivity index (χ1n) is 11.5. The molecule has 0 saturated carbocycles. The summed E-state index contributed by atoms with van der Waals surface area (Å²) in [6, 6.07) is 16.0. The van der Waals surface area contributed by atoms with Crippen molar-refractivity contribution in [2.45, 2.75) is 38.7 Å². The number of aromatic nitrogens is 3. The Labute approximate surface area is 212 Å². The van der Waals surface area contributed by atoms with Crippen molar-refractivity contribution >= 4 is 34.6 Å². The maximum Gasteiger partial charge on any atom is 0.338 e. The van der Waals surface area contributed by atoms with E-state index in [2.05, 4.69) is 9.97 Å². The normalized spacial score (nSPS) is 19.4. The predicted molar refractivity (Wildman–Crippen MR) is 133 cm³/mol. The largest absolute Gasteiger partial charge is 0.459 e. The first kappa shape index (κ1) is 24.0. The monoisotopic (exact) mass is 505 g/mol. The molecule has 1 saturated heterocycles. The number of ether oxygens (including phenoxy) is 3. The highest BCUT2D eigenvalue weighted by molar-refractivity contribution is 6.33. The molecule has 0 spiro atoms. The van der Waals surface area contributed by atoms with Crippen LogP contribution in [0.25, 0.3) is 11.0 Å². The van der Waals surface area contributed by atoms with Crippen LogP contribution in [0.3, 0.4) is 0 Å². The number of carbonyl (C=O) groups excluding carboxylic acids is 2. The number of pyridine rings is 1. The maximum atomic E-state index is 12.9. The summed E-state index contributed by atoms with van der Waals surface area (Å²) in [7, 11) is 0. The Morgan fingerprint density at radius 3 is 2.28 bits per heavy atom. The van der Waals surface area contributed by atoms with E-state index in [0.29, 0.717) is 23.1 Å². The van der Waals surface area contributed by atoms with Crippen LogP contribution in [-0.2, 0) is 14.2 Å². The average Bonchev–Trinajstić information content (AvgIpc) is 3.48. The smallest absolute Gasteiger partial charge is 0.338 e. The molecule has 0 amide bonds. The van der Waals surface area contributed by atoms with Crippen molar-refractivity contribution in [1.82, 2.24) is 14.5 Å². The molecule has 184 valence electrons. The van der Waals surface area contributed by atoms with Gasteiger partial charge in [-0.15, -0.1) is 0 Å². The van der Waals surface area contributed by atoms with E-state index in [0.717, 1.165) is 16.6 Å². The lowest BCUT2D eigenvalue weighted by Gasteiger charge is -2.19. The van der Waals surface area contributed by atoms with Gasteiger partial charge in [0.25, 0.3) is 0 Å². The van der Waals surface area contributed by atoms with Crippen molar-refractivity contribution < 1.29 is 23.8 Å². The van der Waals surface area contributed by atoms with Crippen LogP contribution in [0.15, 0.2) is 67.1 Å². The number of aryl methyl sites for hydroxylation is 2. The molecule has 0 radical (unpaired) electrons. The molecule has 0 aliphatic carbocycles. The fourth-order valence-corrected chi connectivity index (χ4v) is 4.33. The van der Waals surface area contributed by atoms with Crippen molar-refractivity contribution in [2.75, 3.05) is 6.61 Å². The summed E-state index contributed by atoms with van der Waals surface area (Å²) in [6.07, 6.45) is 1.72. The van der Waals surface area contributed by atoms with Gasteiger partial charge < -0.3 is 18.8 Å². The quantitative estimate of drug-likeness (QED) is 0.267.